The lowest BCUT2D eigenvalue weighted by Gasteiger charge is -2.29. The summed E-state index contributed by atoms with van der Waals surface area (Å²) in [5, 5.41) is 5.69. The van der Waals surface area contributed by atoms with Gasteiger partial charge in [0.15, 0.2) is 5.57 Å². The van der Waals surface area contributed by atoms with E-state index < -0.39 is 17.7 Å². The number of cyclic esters (lactones) is 2. The number of benzene rings is 1. The summed E-state index contributed by atoms with van der Waals surface area (Å²) in [4.78, 5) is 35.7. The van der Waals surface area contributed by atoms with Gasteiger partial charge >= 0.3 is 11.9 Å². The van der Waals surface area contributed by atoms with Crippen LogP contribution in [0.5, 0.6) is 0 Å². The van der Waals surface area contributed by atoms with Crippen molar-refractivity contribution in [2.45, 2.75) is 39.9 Å². The number of amides is 1. The number of esters is 2. The number of anilines is 1. The Bertz CT molecular complexity index is 715. The standard InChI is InChI=1S/C18H22N2O5/c1-5-8-19-15(21)12-6-7-14(11(2)9-12)20-10-13-16(22)24-18(3,4)25-17(13)23/h6-7,9-10,20H,5,8H2,1-4H3,(H,19,21). The van der Waals surface area contributed by atoms with Crippen molar-refractivity contribution in [1.82, 2.24) is 5.32 Å². The Hall–Kier alpha value is -2.83. The number of aryl methyl sites for hydroxylation is 1. The van der Waals surface area contributed by atoms with Gasteiger partial charge in [-0.15, -0.1) is 0 Å². The van der Waals surface area contributed by atoms with Gasteiger partial charge in [-0.3, -0.25) is 4.79 Å². The summed E-state index contributed by atoms with van der Waals surface area (Å²) in [6.45, 7) is 7.38. The van der Waals surface area contributed by atoms with E-state index in [-0.39, 0.29) is 11.5 Å². The van der Waals surface area contributed by atoms with Crippen molar-refractivity contribution in [3.05, 3.63) is 41.1 Å². The summed E-state index contributed by atoms with van der Waals surface area (Å²) in [6.07, 6.45) is 2.11. The zero-order chi connectivity index (χ0) is 18.6. The highest BCUT2D eigenvalue weighted by atomic mass is 16.7. The maximum absolute atomic E-state index is 12.0. The van der Waals surface area contributed by atoms with Gasteiger partial charge < -0.3 is 20.1 Å². The smallest absolute Gasteiger partial charge is 0.350 e. The minimum atomic E-state index is -1.27. The largest absolute Gasteiger partial charge is 0.419 e. The van der Waals surface area contributed by atoms with E-state index in [1.807, 2.05) is 13.8 Å². The Balaban J connectivity index is 2.12. The van der Waals surface area contributed by atoms with E-state index in [0.29, 0.717) is 17.8 Å². The quantitative estimate of drug-likeness (QED) is 0.483. The normalized spacial score (nSPS) is 15.9. The van der Waals surface area contributed by atoms with Gasteiger partial charge in [0.1, 0.15) is 0 Å². The van der Waals surface area contributed by atoms with Crippen LogP contribution in [0.1, 0.15) is 43.1 Å². The third-order valence-corrected chi connectivity index (χ3v) is 3.51. The number of carbonyl (C=O) groups is 3. The van der Waals surface area contributed by atoms with Crippen LogP contribution in [0.2, 0.25) is 0 Å². The Morgan fingerprint density at radius 3 is 2.40 bits per heavy atom. The van der Waals surface area contributed by atoms with Crippen LogP contribution < -0.4 is 10.6 Å². The fourth-order valence-electron chi connectivity index (χ4n) is 2.24. The van der Waals surface area contributed by atoms with Crippen LogP contribution >= 0.6 is 0 Å². The van der Waals surface area contributed by atoms with Crippen LogP contribution in [0.3, 0.4) is 0 Å². The average Bonchev–Trinajstić information content (AvgIpc) is 2.51. The van der Waals surface area contributed by atoms with Crippen LogP contribution in [0, 0.1) is 6.92 Å². The van der Waals surface area contributed by atoms with E-state index in [0.717, 1.165) is 12.0 Å². The lowest BCUT2D eigenvalue weighted by atomic mass is 10.1. The van der Waals surface area contributed by atoms with E-state index in [1.165, 1.54) is 20.0 Å². The van der Waals surface area contributed by atoms with E-state index >= 15 is 0 Å². The molecule has 7 nitrogen and oxygen atoms in total. The molecule has 25 heavy (non-hydrogen) atoms. The zero-order valence-electron chi connectivity index (χ0n) is 14.8. The van der Waals surface area contributed by atoms with Gasteiger partial charge in [-0.1, -0.05) is 6.92 Å². The van der Waals surface area contributed by atoms with Crippen LogP contribution in [0.25, 0.3) is 0 Å². The molecule has 7 heteroatoms. The molecule has 134 valence electrons. The maximum Gasteiger partial charge on any atom is 0.350 e. The third-order valence-electron chi connectivity index (χ3n) is 3.51. The van der Waals surface area contributed by atoms with E-state index in [4.69, 9.17) is 9.47 Å². The zero-order valence-corrected chi connectivity index (χ0v) is 14.8. The molecule has 1 amide bonds. The SMILES string of the molecule is CCCNC(=O)c1ccc(NC=C2C(=O)OC(C)(C)OC2=O)c(C)c1. The predicted octanol–water partition coefficient (Wildman–Crippen LogP) is 2.27. The van der Waals surface area contributed by atoms with Gasteiger partial charge in [0.25, 0.3) is 11.7 Å². The van der Waals surface area contributed by atoms with Gasteiger partial charge in [0, 0.05) is 37.8 Å². The minimum Gasteiger partial charge on any atom is -0.419 e. The van der Waals surface area contributed by atoms with Crippen molar-refractivity contribution < 1.29 is 23.9 Å². The Morgan fingerprint density at radius 2 is 1.84 bits per heavy atom. The number of hydrogen-bond acceptors (Lipinski definition) is 6. The van der Waals surface area contributed by atoms with Crippen molar-refractivity contribution >= 4 is 23.5 Å². The van der Waals surface area contributed by atoms with Crippen molar-refractivity contribution in [3.63, 3.8) is 0 Å². The molecule has 1 heterocycles. The number of carbonyl (C=O) groups excluding carboxylic acids is 3. The average molecular weight is 346 g/mol. The van der Waals surface area contributed by atoms with E-state index in [1.54, 1.807) is 18.2 Å². The molecule has 1 aliphatic heterocycles. The van der Waals surface area contributed by atoms with Gasteiger partial charge in [0.2, 0.25) is 0 Å². The Kier molecular flexibility index (Phi) is 5.46. The summed E-state index contributed by atoms with van der Waals surface area (Å²) < 4.78 is 10.0. The van der Waals surface area contributed by atoms with E-state index in [9.17, 15) is 14.4 Å². The van der Waals surface area contributed by atoms with Crippen LogP contribution in [0.4, 0.5) is 5.69 Å². The first-order chi connectivity index (χ1) is 11.7. The Morgan fingerprint density at radius 1 is 1.20 bits per heavy atom. The summed E-state index contributed by atoms with van der Waals surface area (Å²) in [6, 6.07) is 5.10. The number of rotatable bonds is 5. The molecule has 0 spiro atoms. The molecule has 1 aliphatic rings. The van der Waals surface area contributed by atoms with Crippen molar-refractivity contribution in [3.8, 4) is 0 Å². The number of hydrogen-bond donors (Lipinski definition) is 2. The molecule has 2 rings (SSSR count). The van der Waals surface area contributed by atoms with Crippen LogP contribution in [-0.4, -0.2) is 30.2 Å². The molecule has 1 aromatic rings. The minimum absolute atomic E-state index is 0.142. The molecule has 1 fully saturated rings. The highest BCUT2D eigenvalue weighted by Crippen LogP contribution is 2.23. The second-order valence-electron chi connectivity index (χ2n) is 6.17. The number of nitrogens with one attached hydrogen (secondary N) is 2. The first-order valence-corrected chi connectivity index (χ1v) is 8.05. The molecule has 1 aromatic carbocycles. The first-order valence-electron chi connectivity index (χ1n) is 8.05. The molecule has 0 unspecified atom stereocenters. The van der Waals surface area contributed by atoms with Crippen LogP contribution in [-0.2, 0) is 19.1 Å². The van der Waals surface area contributed by atoms with Crippen molar-refractivity contribution in [2.24, 2.45) is 0 Å². The van der Waals surface area contributed by atoms with Gasteiger partial charge in [0.05, 0.1) is 0 Å². The molecule has 0 radical (unpaired) electrons. The van der Waals surface area contributed by atoms with Crippen LogP contribution in [0.15, 0.2) is 30.0 Å². The molecule has 0 aliphatic carbocycles. The summed E-state index contributed by atoms with van der Waals surface area (Å²) in [5.74, 6) is -2.91. The lowest BCUT2D eigenvalue weighted by molar-refractivity contribution is -0.222. The fourth-order valence-corrected chi connectivity index (χ4v) is 2.24. The van der Waals surface area contributed by atoms with E-state index in [2.05, 4.69) is 10.6 Å². The summed E-state index contributed by atoms with van der Waals surface area (Å²) in [7, 11) is 0. The second kappa shape index (κ2) is 7.38. The van der Waals surface area contributed by atoms with Gasteiger partial charge in [-0.2, -0.15) is 0 Å². The van der Waals surface area contributed by atoms with Gasteiger partial charge in [-0.25, -0.2) is 9.59 Å². The first kappa shape index (κ1) is 18.5. The van der Waals surface area contributed by atoms with Gasteiger partial charge in [-0.05, 0) is 37.1 Å². The molecule has 2 N–H and O–H groups in total. The highest BCUT2D eigenvalue weighted by molar-refractivity contribution is 6.15. The third kappa shape index (κ3) is 4.59. The maximum atomic E-state index is 12.0. The molecule has 0 bridgehead atoms. The monoisotopic (exact) mass is 346 g/mol. The second-order valence-corrected chi connectivity index (χ2v) is 6.17. The molecular weight excluding hydrogens is 324 g/mol. The molecule has 0 saturated carbocycles. The predicted molar refractivity (Wildman–Crippen MR) is 91.8 cm³/mol. The topological polar surface area (TPSA) is 93.7 Å². The molecular formula is C18H22N2O5. The molecule has 1 saturated heterocycles. The Labute approximate surface area is 146 Å². The number of ether oxygens (including phenoxy) is 2. The summed E-state index contributed by atoms with van der Waals surface area (Å²) in [5.41, 5.74) is 1.77. The van der Waals surface area contributed by atoms with Crippen molar-refractivity contribution in [1.29, 1.82) is 0 Å². The van der Waals surface area contributed by atoms with Crippen molar-refractivity contribution in [2.75, 3.05) is 11.9 Å². The molecule has 0 atom stereocenters. The summed E-state index contributed by atoms with van der Waals surface area (Å²) >= 11 is 0. The highest BCUT2D eigenvalue weighted by Gasteiger charge is 2.38. The fraction of sp³-hybridized carbons (Fsp3) is 0.389. The lowest BCUT2D eigenvalue weighted by Crippen LogP contribution is -2.42. The molecule has 0 aromatic heterocycles.